The SMILES string of the molecule is COc1cc(CN2CCC[C@@H]2CO)ccc1SC. The zero-order valence-electron chi connectivity index (χ0n) is 11.1. The van der Waals surface area contributed by atoms with E-state index in [0.717, 1.165) is 25.3 Å². The van der Waals surface area contributed by atoms with Gasteiger partial charge < -0.3 is 9.84 Å². The quantitative estimate of drug-likeness (QED) is 0.830. The summed E-state index contributed by atoms with van der Waals surface area (Å²) in [5, 5.41) is 9.33. The van der Waals surface area contributed by atoms with Crippen LogP contribution in [0.15, 0.2) is 23.1 Å². The average molecular weight is 267 g/mol. The van der Waals surface area contributed by atoms with Crippen molar-refractivity contribution < 1.29 is 9.84 Å². The van der Waals surface area contributed by atoms with Gasteiger partial charge in [0.15, 0.2) is 0 Å². The van der Waals surface area contributed by atoms with Crippen molar-refractivity contribution in [2.45, 2.75) is 30.3 Å². The molecule has 0 amide bonds. The number of hydrogen-bond donors (Lipinski definition) is 1. The molecule has 0 aliphatic carbocycles. The Bertz CT molecular complexity index is 397. The third-order valence-corrected chi connectivity index (χ3v) is 4.32. The Labute approximate surface area is 113 Å². The van der Waals surface area contributed by atoms with Crippen LogP contribution in [-0.2, 0) is 6.54 Å². The highest BCUT2D eigenvalue weighted by Crippen LogP contribution is 2.29. The Morgan fingerprint density at radius 2 is 2.33 bits per heavy atom. The minimum absolute atomic E-state index is 0.264. The molecule has 0 bridgehead atoms. The van der Waals surface area contributed by atoms with Crippen LogP contribution in [0.25, 0.3) is 0 Å². The number of ether oxygens (including phenoxy) is 1. The monoisotopic (exact) mass is 267 g/mol. The lowest BCUT2D eigenvalue weighted by molar-refractivity contribution is 0.153. The summed E-state index contributed by atoms with van der Waals surface area (Å²) < 4.78 is 5.41. The van der Waals surface area contributed by atoms with Crippen molar-refractivity contribution in [3.05, 3.63) is 23.8 Å². The molecule has 1 fully saturated rings. The zero-order chi connectivity index (χ0) is 13.0. The molecule has 0 spiro atoms. The van der Waals surface area contributed by atoms with Gasteiger partial charge in [-0.05, 0) is 43.3 Å². The summed E-state index contributed by atoms with van der Waals surface area (Å²) in [4.78, 5) is 3.52. The fourth-order valence-electron chi connectivity index (χ4n) is 2.52. The van der Waals surface area contributed by atoms with Crippen LogP contribution in [0.4, 0.5) is 0 Å². The smallest absolute Gasteiger partial charge is 0.132 e. The maximum atomic E-state index is 9.33. The fourth-order valence-corrected chi connectivity index (χ4v) is 3.07. The number of benzene rings is 1. The number of likely N-dealkylation sites (tertiary alicyclic amines) is 1. The van der Waals surface area contributed by atoms with E-state index in [2.05, 4.69) is 29.4 Å². The maximum absolute atomic E-state index is 9.33. The van der Waals surface area contributed by atoms with Crippen LogP contribution in [-0.4, -0.2) is 42.6 Å². The predicted octanol–water partition coefficient (Wildman–Crippen LogP) is 2.37. The van der Waals surface area contributed by atoms with Crippen molar-refractivity contribution in [3.63, 3.8) is 0 Å². The molecule has 0 saturated carbocycles. The van der Waals surface area contributed by atoms with Gasteiger partial charge in [-0.3, -0.25) is 4.90 Å². The van der Waals surface area contributed by atoms with Crippen molar-refractivity contribution in [1.29, 1.82) is 0 Å². The number of thioether (sulfide) groups is 1. The van der Waals surface area contributed by atoms with Crippen LogP contribution < -0.4 is 4.74 Å². The molecule has 1 saturated heterocycles. The normalized spacial score (nSPS) is 20.3. The molecule has 1 aromatic carbocycles. The first-order valence-electron chi connectivity index (χ1n) is 6.34. The first kappa shape index (κ1) is 13.7. The van der Waals surface area contributed by atoms with E-state index >= 15 is 0 Å². The summed E-state index contributed by atoms with van der Waals surface area (Å²) in [5.41, 5.74) is 1.25. The first-order chi connectivity index (χ1) is 8.78. The van der Waals surface area contributed by atoms with Gasteiger partial charge >= 0.3 is 0 Å². The van der Waals surface area contributed by atoms with Crippen molar-refractivity contribution in [1.82, 2.24) is 4.90 Å². The number of hydrogen-bond acceptors (Lipinski definition) is 4. The summed E-state index contributed by atoms with van der Waals surface area (Å²) in [5.74, 6) is 0.944. The molecule has 1 aromatic rings. The van der Waals surface area contributed by atoms with Crippen molar-refractivity contribution in [2.24, 2.45) is 0 Å². The Morgan fingerprint density at radius 3 is 3.00 bits per heavy atom. The number of aliphatic hydroxyl groups excluding tert-OH is 1. The van der Waals surface area contributed by atoms with Gasteiger partial charge in [-0.1, -0.05) is 6.07 Å². The topological polar surface area (TPSA) is 32.7 Å². The molecular formula is C14H21NO2S. The predicted molar refractivity (Wildman–Crippen MR) is 75.3 cm³/mol. The molecular weight excluding hydrogens is 246 g/mol. The highest BCUT2D eigenvalue weighted by atomic mass is 32.2. The molecule has 0 unspecified atom stereocenters. The lowest BCUT2D eigenvalue weighted by Crippen LogP contribution is -2.31. The first-order valence-corrected chi connectivity index (χ1v) is 7.56. The largest absolute Gasteiger partial charge is 0.496 e. The molecule has 18 heavy (non-hydrogen) atoms. The second-order valence-electron chi connectivity index (χ2n) is 4.64. The second-order valence-corrected chi connectivity index (χ2v) is 5.49. The van der Waals surface area contributed by atoms with Gasteiger partial charge in [0.25, 0.3) is 0 Å². The summed E-state index contributed by atoms with van der Waals surface area (Å²) in [6, 6.07) is 6.71. The van der Waals surface area contributed by atoms with Crippen molar-refractivity contribution in [3.8, 4) is 5.75 Å². The lowest BCUT2D eigenvalue weighted by atomic mass is 10.2. The van der Waals surface area contributed by atoms with E-state index in [-0.39, 0.29) is 6.61 Å². The highest BCUT2D eigenvalue weighted by Gasteiger charge is 2.23. The van der Waals surface area contributed by atoms with E-state index in [4.69, 9.17) is 4.74 Å². The number of nitrogens with zero attached hydrogens (tertiary/aromatic N) is 1. The fraction of sp³-hybridized carbons (Fsp3) is 0.571. The number of aliphatic hydroxyl groups is 1. The van der Waals surface area contributed by atoms with Crippen molar-refractivity contribution >= 4 is 11.8 Å². The van der Waals surface area contributed by atoms with E-state index in [0.29, 0.717) is 6.04 Å². The van der Waals surface area contributed by atoms with Crippen LogP contribution in [0, 0.1) is 0 Å². The summed E-state index contributed by atoms with van der Waals surface area (Å²) in [7, 11) is 1.71. The molecule has 0 aromatic heterocycles. The summed E-state index contributed by atoms with van der Waals surface area (Å²) in [6.07, 6.45) is 4.35. The van der Waals surface area contributed by atoms with Gasteiger partial charge in [0.2, 0.25) is 0 Å². The van der Waals surface area contributed by atoms with Crippen LogP contribution in [0.1, 0.15) is 18.4 Å². The van der Waals surface area contributed by atoms with Crippen LogP contribution in [0.3, 0.4) is 0 Å². The Hall–Kier alpha value is -0.710. The Kier molecular flexibility index (Phi) is 4.92. The third kappa shape index (κ3) is 2.99. The Morgan fingerprint density at radius 1 is 1.50 bits per heavy atom. The van der Waals surface area contributed by atoms with Crippen LogP contribution >= 0.6 is 11.8 Å². The van der Waals surface area contributed by atoms with E-state index in [1.54, 1.807) is 18.9 Å². The molecule has 1 aliphatic heterocycles. The Balaban J connectivity index is 2.09. The maximum Gasteiger partial charge on any atom is 0.132 e. The minimum Gasteiger partial charge on any atom is -0.496 e. The van der Waals surface area contributed by atoms with E-state index in [1.807, 2.05) is 0 Å². The zero-order valence-corrected chi connectivity index (χ0v) is 11.9. The van der Waals surface area contributed by atoms with Crippen molar-refractivity contribution in [2.75, 3.05) is 26.5 Å². The average Bonchev–Trinajstić information content (AvgIpc) is 2.85. The van der Waals surface area contributed by atoms with Crippen LogP contribution in [0.2, 0.25) is 0 Å². The number of methoxy groups -OCH3 is 1. The minimum atomic E-state index is 0.264. The molecule has 100 valence electrons. The van der Waals surface area contributed by atoms with Crippen LogP contribution in [0.5, 0.6) is 5.75 Å². The van der Waals surface area contributed by atoms with E-state index in [1.165, 1.54) is 16.9 Å². The van der Waals surface area contributed by atoms with E-state index < -0.39 is 0 Å². The van der Waals surface area contributed by atoms with E-state index in [9.17, 15) is 5.11 Å². The molecule has 3 nitrogen and oxygen atoms in total. The molecule has 1 N–H and O–H groups in total. The van der Waals surface area contributed by atoms with Gasteiger partial charge in [0, 0.05) is 17.5 Å². The number of rotatable bonds is 5. The molecule has 2 rings (SSSR count). The standard InChI is InChI=1S/C14H21NO2S/c1-17-13-8-11(5-6-14(13)18-2)9-15-7-3-4-12(15)10-16/h5-6,8,12,16H,3-4,7,9-10H2,1-2H3/t12-/m1/s1. The summed E-state index contributed by atoms with van der Waals surface area (Å²) in [6.45, 7) is 2.24. The highest BCUT2D eigenvalue weighted by molar-refractivity contribution is 7.98. The summed E-state index contributed by atoms with van der Waals surface area (Å²) >= 11 is 1.70. The second kappa shape index (κ2) is 6.45. The third-order valence-electron chi connectivity index (χ3n) is 3.54. The molecule has 1 aliphatic rings. The van der Waals surface area contributed by atoms with Gasteiger partial charge in [-0.2, -0.15) is 0 Å². The van der Waals surface area contributed by atoms with Gasteiger partial charge in [-0.25, -0.2) is 0 Å². The van der Waals surface area contributed by atoms with Gasteiger partial charge in [0.1, 0.15) is 5.75 Å². The lowest BCUT2D eigenvalue weighted by Gasteiger charge is -2.23. The molecule has 1 heterocycles. The van der Waals surface area contributed by atoms with Gasteiger partial charge in [0.05, 0.1) is 13.7 Å². The van der Waals surface area contributed by atoms with Gasteiger partial charge in [-0.15, -0.1) is 11.8 Å². The molecule has 1 atom stereocenters. The molecule has 0 radical (unpaired) electrons. The molecule has 4 heteroatoms.